The summed E-state index contributed by atoms with van der Waals surface area (Å²) in [7, 11) is 0.724. The molecule has 0 spiro atoms. The first-order valence-electron chi connectivity index (χ1n) is 14.1. The number of anilines is 3. The maximum absolute atomic E-state index is 13.6. The summed E-state index contributed by atoms with van der Waals surface area (Å²) >= 11 is 0. The molecule has 1 saturated heterocycles. The second-order valence-electron chi connectivity index (χ2n) is 10.4. The molecule has 0 bridgehead atoms. The largest absolute Gasteiger partial charge is 0.493 e. The average molecular weight is 633 g/mol. The summed E-state index contributed by atoms with van der Waals surface area (Å²) in [4.78, 5) is 27.9. The van der Waals surface area contributed by atoms with Crippen molar-refractivity contribution in [1.29, 1.82) is 0 Å². The third kappa shape index (κ3) is 5.69. The van der Waals surface area contributed by atoms with E-state index in [1.807, 2.05) is 6.07 Å². The molecule has 1 aliphatic rings. The minimum Gasteiger partial charge on any atom is -0.493 e. The number of aromatic nitrogens is 5. The van der Waals surface area contributed by atoms with Crippen LogP contribution < -0.4 is 30.2 Å². The summed E-state index contributed by atoms with van der Waals surface area (Å²) in [6.07, 6.45) is 6.05. The molecule has 1 atom stereocenters. The highest BCUT2D eigenvalue weighted by molar-refractivity contribution is 7.89. The van der Waals surface area contributed by atoms with Crippen LogP contribution in [0.3, 0.4) is 0 Å². The lowest BCUT2D eigenvalue weighted by molar-refractivity contribution is -0.119. The zero-order valence-corrected chi connectivity index (χ0v) is 25.7. The third-order valence-electron chi connectivity index (χ3n) is 7.61. The van der Waals surface area contributed by atoms with Crippen molar-refractivity contribution in [2.75, 3.05) is 38.1 Å². The molecule has 3 aromatic heterocycles. The zero-order chi connectivity index (χ0) is 31.7. The molecule has 1 amide bonds. The number of rotatable bonds is 11. The van der Waals surface area contributed by atoms with Gasteiger partial charge in [0.1, 0.15) is 18.2 Å². The van der Waals surface area contributed by atoms with Gasteiger partial charge in [-0.25, -0.2) is 17.4 Å². The molecule has 45 heavy (non-hydrogen) atoms. The summed E-state index contributed by atoms with van der Waals surface area (Å²) in [6.45, 7) is 0.525. The molecule has 2 aromatic carbocycles. The van der Waals surface area contributed by atoms with Gasteiger partial charge in [0.15, 0.2) is 23.0 Å². The van der Waals surface area contributed by atoms with E-state index in [9.17, 15) is 13.2 Å². The number of nitrogens with zero attached hydrogens (tertiary/aromatic N) is 6. The Balaban J connectivity index is 1.41. The Hall–Kier alpha value is -5.31. The van der Waals surface area contributed by atoms with Crippen LogP contribution in [0.5, 0.6) is 17.2 Å². The number of nitrogens with two attached hydrogens (primary N) is 1. The van der Waals surface area contributed by atoms with Crippen molar-refractivity contribution in [3.8, 4) is 22.9 Å². The number of benzene rings is 2. The fourth-order valence-corrected chi connectivity index (χ4v) is 6.91. The fourth-order valence-electron chi connectivity index (χ4n) is 5.51. The van der Waals surface area contributed by atoms with Crippen LogP contribution in [0, 0.1) is 0 Å². The van der Waals surface area contributed by atoms with E-state index in [4.69, 9.17) is 24.9 Å². The van der Waals surface area contributed by atoms with Crippen molar-refractivity contribution >= 4 is 44.5 Å². The van der Waals surface area contributed by atoms with Gasteiger partial charge in [0.2, 0.25) is 27.6 Å². The van der Waals surface area contributed by atoms with Crippen molar-refractivity contribution in [1.82, 2.24) is 23.5 Å². The van der Waals surface area contributed by atoms with Gasteiger partial charge in [0, 0.05) is 24.9 Å². The van der Waals surface area contributed by atoms with Crippen LogP contribution in [0.2, 0.25) is 0 Å². The van der Waals surface area contributed by atoms with E-state index in [1.54, 1.807) is 64.5 Å². The number of ether oxygens (including phenoxy) is 3. The van der Waals surface area contributed by atoms with Gasteiger partial charge >= 0.3 is 0 Å². The number of hydrogen-bond donors (Lipinski definition) is 2. The van der Waals surface area contributed by atoms with Crippen LogP contribution in [0.25, 0.3) is 16.7 Å². The first-order valence-corrected chi connectivity index (χ1v) is 15.7. The molecule has 1 fully saturated rings. The highest BCUT2D eigenvalue weighted by Crippen LogP contribution is 2.39. The predicted molar refractivity (Wildman–Crippen MR) is 168 cm³/mol. The molecule has 0 unspecified atom stereocenters. The number of carbonyl (C=O) groups is 1. The molecule has 14 nitrogen and oxygen atoms in total. The molecule has 15 heteroatoms. The van der Waals surface area contributed by atoms with Crippen LogP contribution in [0.1, 0.15) is 18.4 Å². The SMILES string of the molecule is COc1cc(-n2cnc(Nc3nc(N4CCC[C@H]4C(N)=O)c4ccn(S(=O)(=O)Cc5ccccc5)c4n3)c2)cc(OC)c1OC. The standard InChI is InChI=1S/C30H32N8O6S/c1-42-23-14-20(15-24(43-2)26(23)44-3)36-16-25(32-18-36)33-30-34-28(37-12-7-10-22(37)27(31)39)21-11-13-38(29(21)35-30)45(40,41)17-19-8-5-4-6-9-19/h4-6,8-9,11,13-16,18,22H,7,10,12,17H2,1-3H3,(H2,31,39)(H,33,34,35)/t22-/m0/s1. The Labute approximate surface area is 259 Å². The summed E-state index contributed by atoms with van der Waals surface area (Å²) < 4.78 is 46.5. The number of methoxy groups -OCH3 is 3. The molecule has 0 saturated carbocycles. The van der Waals surface area contributed by atoms with E-state index in [2.05, 4.69) is 15.3 Å². The third-order valence-corrected chi connectivity index (χ3v) is 9.20. The number of imidazole rings is 1. The molecule has 0 aliphatic carbocycles. The Morgan fingerprint density at radius 2 is 1.78 bits per heavy atom. The molecular weight excluding hydrogens is 600 g/mol. The van der Waals surface area contributed by atoms with Crippen molar-refractivity contribution in [3.63, 3.8) is 0 Å². The van der Waals surface area contributed by atoms with Crippen LogP contribution in [-0.4, -0.2) is 71.7 Å². The second kappa shape index (κ2) is 12.0. The molecular formula is C30H32N8O6S. The number of fused-ring (bicyclic) bond motifs is 1. The van der Waals surface area contributed by atoms with Crippen molar-refractivity contribution in [2.45, 2.75) is 24.6 Å². The van der Waals surface area contributed by atoms with E-state index in [0.29, 0.717) is 58.5 Å². The van der Waals surface area contributed by atoms with E-state index >= 15 is 0 Å². The molecule has 6 rings (SSSR count). The maximum Gasteiger partial charge on any atom is 0.244 e. The van der Waals surface area contributed by atoms with Gasteiger partial charge in [0.05, 0.1) is 44.4 Å². The van der Waals surface area contributed by atoms with Crippen LogP contribution in [0.4, 0.5) is 17.6 Å². The summed E-state index contributed by atoms with van der Waals surface area (Å²) in [5, 5.41) is 3.58. The van der Waals surface area contributed by atoms with E-state index in [-0.39, 0.29) is 17.3 Å². The molecule has 1 aliphatic heterocycles. The quantitative estimate of drug-likeness (QED) is 0.219. The number of hydrogen-bond acceptors (Lipinski definition) is 11. The molecule has 4 heterocycles. The summed E-state index contributed by atoms with van der Waals surface area (Å²) in [6, 6.07) is 13.5. The Morgan fingerprint density at radius 3 is 2.44 bits per heavy atom. The number of nitrogens with one attached hydrogen (secondary N) is 1. The van der Waals surface area contributed by atoms with Crippen molar-refractivity contribution < 1.29 is 27.4 Å². The Bertz CT molecular complexity index is 1950. The highest BCUT2D eigenvalue weighted by atomic mass is 32.2. The first kappa shape index (κ1) is 29.7. The lowest BCUT2D eigenvalue weighted by atomic mass is 10.2. The topological polar surface area (TPSA) is 169 Å². The van der Waals surface area contributed by atoms with Gasteiger partial charge < -0.3 is 34.7 Å². The van der Waals surface area contributed by atoms with Gasteiger partial charge in [-0.2, -0.15) is 9.97 Å². The summed E-state index contributed by atoms with van der Waals surface area (Å²) in [5.41, 5.74) is 7.22. The van der Waals surface area contributed by atoms with E-state index < -0.39 is 22.0 Å². The molecule has 234 valence electrons. The number of primary amides is 1. The van der Waals surface area contributed by atoms with Crippen LogP contribution in [-0.2, 0) is 20.6 Å². The fraction of sp³-hybridized carbons (Fsp3) is 0.267. The van der Waals surface area contributed by atoms with E-state index in [0.717, 1.165) is 10.4 Å². The van der Waals surface area contributed by atoms with Crippen molar-refractivity contribution in [2.24, 2.45) is 5.73 Å². The van der Waals surface area contributed by atoms with Crippen molar-refractivity contribution in [3.05, 3.63) is 72.8 Å². The monoisotopic (exact) mass is 632 g/mol. The average Bonchev–Trinajstić information content (AvgIpc) is 3.80. The van der Waals surface area contributed by atoms with Gasteiger partial charge in [-0.1, -0.05) is 30.3 Å². The summed E-state index contributed by atoms with van der Waals surface area (Å²) in [5.74, 6) is 1.58. The normalized spacial score (nSPS) is 14.9. The smallest absolute Gasteiger partial charge is 0.244 e. The zero-order valence-electron chi connectivity index (χ0n) is 24.9. The second-order valence-corrected chi connectivity index (χ2v) is 12.2. The number of carbonyl (C=O) groups excluding carboxylic acids is 1. The van der Waals surface area contributed by atoms with Crippen LogP contribution in [0.15, 0.2) is 67.3 Å². The van der Waals surface area contributed by atoms with Gasteiger partial charge in [0.25, 0.3) is 0 Å². The Morgan fingerprint density at radius 1 is 1.04 bits per heavy atom. The van der Waals surface area contributed by atoms with Gasteiger partial charge in [-0.3, -0.25) is 4.79 Å². The predicted octanol–water partition coefficient (Wildman–Crippen LogP) is 3.22. The number of amides is 1. The first-order chi connectivity index (χ1) is 21.7. The van der Waals surface area contributed by atoms with E-state index in [1.165, 1.54) is 27.5 Å². The molecule has 3 N–H and O–H groups in total. The minimum absolute atomic E-state index is 0.0950. The lowest BCUT2D eigenvalue weighted by Gasteiger charge is -2.24. The highest BCUT2D eigenvalue weighted by Gasteiger charge is 2.33. The maximum atomic E-state index is 13.6. The molecule has 5 aromatic rings. The lowest BCUT2D eigenvalue weighted by Crippen LogP contribution is -2.40. The Kier molecular flexibility index (Phi) is 7.93. The van der Waals surface area contributed by atoms with Crippen LogP contribution >= 0.6 is 0 Å². The minimum atomic E-state index is -3.87. The molecule has 0 radical (unpaired) electrons. The van der Waals surface area contributed by atoms with Gasteiger partial charge in [-0.15, -0.1) is 0 Å². The van der Waals surface area contributed by atoms with Gasteiger partial charge in [-0.05, 0) is 24.5 Å².